The Morgan fingerprint density at radius 1 is 1.12 bits per heavy atom. The first-order valence-corrected chi connectivity index (χ1v) is 10.4. The van der Waals surface area contributed by atoms with Crippen molar-refractivity contribution >= 4 is 11.5 Å². The molecule has 2 aromatic heterocycles. The molecule has 32 heavy (non-hydrogen) atoms. The highest BCUT2D eigenvalue weighted by Crippen LogP contribution is 2.25. The molecule has 166 valence electrons. The number of hydrogen-bond acceptors (Lipinski definition) is 6. The smallest absolute Gasteiger partial charge is 0.154 e. The lowest BCUT2D eigenvalue weighted by atomic mass is 10.1. The van der Waals surface area contributed by atoms with Crippen molar-refractivity contribution in [3.05, 3.63) is 78.2 Å². The zero-order valence-corrected chi connectivity index (χ0v) is 17.9. The number of aliphatic hydroxyl groups excluding tert-OH is 1. The van der Waals surface area contributed by atoms with E-state index in [2.05, 4.69) is 15.4 Å². The quantitative estimate of drug-likeness (QED) is 0.390. The summed E-state index contributed by atoms with van der Waals surface area (Å²) in [7, 11) is 0. The van der Waals surface area contributed by atoms with E-state index in [0.717, 1.165) is 16.8 Å². The van der Waals surface area contributed by atoms with Crippen LogP contribution in [0.2, 0.25) is 0 Å². The third kappa shape index (κ3) is 4.87. The van der Waals surface area contributed by atoms with E-state index >= 15 is 0 Å². The average Bonchev–Trinajstić information content (AvgIpc) is 3.21. The van der Waals surface area contributed by atoms with Crippen LogP contribution in [0.15, 0.2) is 66.9 Å². The van der Waals surface area contributed by atoms with Gasteiger partial charge in [0.2, 0.25) is 0 Å². The Labute approximate surface area is 185 Å². The second-order valence-electron chi connectivity index (χ2n) is 7.79. The molecule has 0 spiro atoms. The number of imidazole rings is 1. The molecule has 0 unspecified atom stereocenters. The molecule has 0 radical (unpaired) electrons. The van der Waals surface area contributed by atoms with Gasteiger partial charge in [-0.1, -0.05) is 12.1 Å². The van der Waals surface area contributed by atoms with Crippen molar-refractivity contribution in [2.75, 3.05) is 11.9 Å². The highest BCUT2D eigenvalue weighted by molar-refractivity contribution is 5.64. The first-order valence-electron chi connectivity index (χ1n) is 10.4. The summed E-state index contributed by atoms with van der Waals surface area (Å²) in [5.41, 5.74) is 9.11. The van der Waals surface area contributed by atoms with Crippen LogP contribution >= 0.6 is 0 Å². The normalized spacial score (nSPS) is 14.2. The average molecular weight is 436 g/mol. The van der Waals surface area contributed by atoms with E-state index in [4.69, 9.17) is 10.5 Å². The molecule has 0 saturated heterocycles. The summed E-state index contributed by atoms with van der Waals surface area (Å²) in [5.74, 6) is 1.05. The number of nitrogens with zero attached hydrogens (tertiary/aromatic N) is 3. The van der Waals surface area contributed by atoms with Crippen LogP contribution < -0.4 is 15.8 Å². The van der Waals surface area contributed by atoms with Crippen LogP contribution in [0.5, 0.6) is 5.75 Å². The monoisotopic (exact) mass is 435 g/mol. The minimum atomic E-state index is -0.634. The third-order valence-electron chi connectivity index (χ3n) is 5.29. The molecule has 2 heterocycles. The summed E-state index contributed by atoms with van der Waals surface area (Å²) in [6, 6.07) is 17.2. The molecular formula is C24H26FN5O2. The molecule has 3 atom stereocenters. The number of aliphatic hydroxyl groups is 1. The fourth-order valence-electron chi connectivity index (χ4n) is 3.28. The number of hydrogen-bond donors (Lipinski definition) is 3. The standard InChI is InChI=1S/C24H26FN5O2/c1-15(18-4-3-5-19(25)12-18)28-23-10-11-24-27-13-22(30(24)29-23)17-6-8-20(9-7-17)32-14-21(26)16(2)31/h3-13,15-16,21,31H,14,26H2,1-2H3,(H,28,29)/t15-,16+,21+/m1/s1. The Hall–Kier alpha value is -3.49. The molecule has 0 saturated carbocycles. The molecule has 0 fully saturated rings. The summed E-state index contributed by atoms with van der Waals surface area (Å²) in [4.78, 5) is 4.43. The second-order valence-corrected chi connectivity index (χ2v) is 7.79. The van der Waals surface area contributed by atoms with E-state index in [-0.39, 0.29) is 18.5 Å². The van der Waals surface area contributed by atoms with E-state index in [1.54, 1.807) is 23.7 Å². The van der Waals surface area contributed by atoms with Gasteiger partial charge in [0.15, 0.2) is 5.65 Å². The zero-order chi connectivity index (χ0) is 22.7. The number of nitrogens with one attached hydrogen (secondary N) is 1. The molecule has 0 amide bonds. The zero-order valence-electron chi connectivity index (χ0n) is 17.9. The van der Waals surface area contributed by atoms with Gasteiger partial charge >= 0.3 is 0 Å². The van der Waals surface area contributed by atoms with Crippen LogP contribution in [-0.2, 0) is 0 Å². The molecule has 0 aliphatic carbocycles. The van der Waals surface area contributed by atoms with Gasteiger partial charge in [0.1, 0.15) is 24.0 Å². The summed E-state index contributed by atoms with van der Waals surface area (Å²) in [6.45, 7) is 3.82. The predicted molar refractivity (Wildman–Crippen MR) is 122 cm³/mol. The Morgan fingerprint density at radius 3 is 2.62 bits per heavy atom. The maximum absolute atomic E-state index is 13.5. The maximum Gasteiger partial charge on any atom is 0.154 e. The van der Waals surface area contributed by atoms with E-state index in [1.165, 1.54) is 12.1 Å². The van der Waals surface area contributed by atoms with E-state index in [9.17, 15) is 9.50 Å². The Balaban J connectivity index is 1.52. The molecule has 4 aromatic rings. The first kappa shape index (κ1) is 21.7. The summed E-state index contributed by atoms with van der Waals surface area (Å²) in [5, 5.41) is 17.5. The van der Waals surface area contributed by atoms with E-state index in [1.807, 2.05) is 49.4 Å². The van der Waals surface area contributed by atoms with Crippen LogP contribution in [0.1, 0.15) is 25.5 Å². The lowest BCUT2D eigenvalue weighted by molar-refractivity contribution is 0.131. The SMILES string of the molecule is C[C@H](O)[C@@H](N)COc1ccc(-c2cnc3ccc(N[C@H](C)c4cccc(F)c4)nn23)cc1. The number of ether oxygens (including phenoxy) is 1. The van der Waals surface area contributed by atoms with Crippen molar-refractivity contribution in [3.63, 3.8) is 0 Å². The van der Waals surface area contributed by atoms with Gasteiger partial charge in [-0.3, -0.25) is 0 Å². The van der Waals surface area contributed by atoms with Crippen LogP contribution in [-0.4, -0.2) is 38.5 Å². The fraction of sp³-hybridized carbons (Fsp3) is 0.250. The van der Waals surface area contributed by atoms with Crippen LogP contribution in [0, 0.1) is 5.82 Å². The Kier molecular flexibility index (Phi) is 6.34. The molecule has 0 bridgehead atoms. The molecule has 4 N–H and O–H groups in total. The molecule has 7 nitrogen and oxygen atoms in total. The topological polar surface area (TPSA) is 97.7 Å². The van der Waals surface area contributed by atoms with E-state index < -0.39 is 12.1 Å². The van der Waals surface area contributed by atoms with Gasteiger partial charge in [-0.2, -0.15) is 0 Å². The maximum atomic E-state index is 13.5. The highest BCUT2D eigenvalue weighted by Gasteiger charge is 2.12. The van der Waals surface area contributed by atoms with Gasteiger partial charge < -0.3 is 20.9 Å². The van der Waals surface area contributed by atoms with Crippen molar-refractivity contribution < 1.29 is 14.2 Å². The number of fused-ring (bicyclic) bond motifs is 1. The number of halogens is 1. The summed E-state index contributed by atoms with van der Waals surface area (Å²) < 4.78 is 20.9. The molecular weight excluding hydrogens is 409 g/mol. The van der Waals surface area contributed by atoms with Crippen molar-refractivity contribution in [2.24, 2.45) is 5.73 Å². The number of rotatable bonds is 8. The molecule has 4 rings (SSSR count). The highest BCUT2D eigenvalue weighted by atomic mass is 19.1. The lowest BCUT2D eigenvalue weighted by Gasteiger charge is -2.16. The van der Waals surface area contributed by atoms with E-state index in [0.29, 0.717) is 17.2 Å². The van der Waals surface area contributed by atoms with Crippen LogP contribution in [0.25, 0.3) is 16.9 Å². The van der Waals surface area contributed by atoms with Gasteiger partial charge in [-0.25, -0.2) is 13.9 Å². The minimum absolute atomic E-state index is 0.118. The second kappa shape index (κ2) is 9.33. The van der Waals surface area contributed by atoms with Crippen molar-refractivity contribution in [1.82, 2.24) is 14.6 Å². The molecule has 0 aliphatic rings. The number of benzene rings is 2. The largest absolute Gasteiger partial charge is 0.492 e. The van der Waals surface area contributed by atoms with Gasteiger partial charge in [0.25, 0.3) is 0 Å². The van der Waals surface area contributed by atoms with Gasteiger partial charge in [-0.15, -0.1) is 5.10 Å². The Bertz CT molecular complexity index is 1190. The van der Waals surface area contributed by atoms with Crippen molar-refractivity contribution in [1.29, 1.82) is 0 Å². The van der Waals surface area contributed by atoms with Gasteiger partial charge in [-0.05, 0) is 67.9 Å². The number of nitrogens with two attached hydrogens (primary N) is 1. The van der Waals surface area contributed by atoms with Crippen LogP contribution in [0.4, 0.5) is 10.2 Å². The van der Waals surface area contributed by atoms with Gasteiger partial charge in [0.05, 0.1) is 30.1 Å². The fourth-order valence-corrected chi connectivity index (χ4v) is 3.28. The van der Waals surface area contributed by atoms with Crippen LogP contribution in [0.3, 0.4) is 0 Å². The molecule has 2 aromatic carbocycles. The summed E-state index contributed by atoms with van der Waals surface area (Å²) >= 11 is 0. The van der Waals surface area contributed by atoms with Crippen molar-refractivity contribution in [2.45, 2.75) is 32.0 Å². The minimum Gasteiger partial charge on any atom is -0.492 e. The summed E-state index contributed by atoms with van der Waals surface area (Å²) in [6.07, 6.45) is 1.13. The predicted octanol–water partition coefficient (Wildman–Crippen LogP) is 3.80. The lowest BCUT2D eigenvalue weighted by Crippen LogP contribution is -2.37. The Morgan fingerprint density at radius 2 is 1.91 bits per heavy atom. The number of anilines is 1. The third-order valence-corrected chi connectivity index (χ3v) is 5.29. The molecule has 8 heteroatoms. The number of aromatic nitrogens is 3. The molecule has 0 aliphatic heterocycles. The van der Waals surface area contributed by atoms with Crippen molar-refractivity contribution in [3.8, 4) is 17.0 Å². The van der Waals surface area contributed by atoms with Gasteiger partial charge in [0, 0.05) is 5.56 Å². The first-order chi connectivity index (χ1) is 15.4.